The van der Waals surface area contributed by atoms with Crippen LogP contribution in [0.4, 0.5) is 17.1 Å². The van der Waals surface area contributed by atoms with Crippen LogP contribution >= 0.6 is 11.3 Å². The van der Waals surface area contributed by atoms with Gasteiger partial charge in [0.2, 0.25) is 0 Å². The van der Waals surface area contributed by atoms with Gasteiger partial charge in [-0.1, -0.05) is 133 Å². The molecule has 2 aromatic heterocycles. The second-order valence-corrected chi connectivity index (χ2v) is 13.1. The average molecular weight is 618 g/mol. The molecular weight excluding hydrogens is 591 g/mol. The SMILES string of the molecule is c1ccc(-c2ccc3c(oc4ccccc43)c2N(c2cc3ccccc3c3ccccc23)c2cccc3c2sc2ccccc23)cc1. The van der Waals surface area contributed by atoms with Crippen LogP contribution in [0, 0.1) is 0 Å². The second-order valence-electron chi connectivity index (χ2n) is 12.1. The minimum absolute atomic E-state index is 0.878. The average Bonchev–Trinajstić information content (AvgIpc) is 3.71. The maximum atomic E-state index is 6.90. The minimum atomic E-state index is 0.878. The van der Waals surface area contributed by atoms with E-state index in [0.717, 1.165) is 50.1 Å². The molecule has 0 amide bonds. The summed E-state index contributed by atoms with van der Waals surface area (Å²) in [4.78, 5) is 2.49. The van der Waals surface area contributed by atoms with Crippen LogP contribution in [0.15, 0.2) is 168 Å². The Balaban J connectivity index is 1.43. The predicted molar refractivity (Wildman–Crippen MR) is 202 cm³/mol. The van der Waals surface area contributed by atoms with E-state index < -0.39 is 0 Å². The van der Waals surface area contributed by atoms with Gasteiger partial charge in [-0.2, -0.15) is 0 Å². The van der Waals surface area contributed by atoms with E-state index in [1.54, 1.807) is 0 Å². The van der Waals surface area contributed by atoms with Crippen molar-refractivity contribution in [2.75, 3.05) is 4.90 Å². The summed E-state index contributed by atoms with van der Waals surface area (Å²) in [5.41, 5.74) is 7.31. The number of para-hydroxylation sites is 1. The van der Waals surface area contributed by atoms with E-state index in [-0.39, 0.29) is 0 Å². The van der Waals surface area contributed by atoms with Crippen molar-refractivity contribution in [2.24, 2.45) is 0 Å². The lowest BCUT2D eigenvalue weighted by Gasteiger charge is -2.30. The van der Waals surface area contributed by atoms with Crippen molar-refractivity contribution in [2.45, 2.75) is 0 Å². The summed E-state index contributed by atoms with van der Waals surface area (Å²) in [5.74, 6) is 0. The summed E-state index contributed by atoms with van der Waals surface area (Å²) in [6.07, 6.45) is 0. The highest BCUT2D eigenvalue weighted by Crippen LogP contribution is 2.52. The highest BCUT2D eigenvalue weighted by molar-refractivity contribution is 7.26. The van der Waals surface area contributed by atoms with Crippen molar-refractivity contribution in [3.8, 4) is 11.1 Å². The van der Waals surface area contributed by atoms with E-state index in [2.05, 4.69) is 169 Å². The first-order valence-corrected chi connectivity index (χ1v) is 16.8. The van der Waals surface area contributed by atoms with E-state index in [0.29, 0.717) is 0 Å². The van der Waals surface area contributed by atoms with Gasteiger partial charge < -0.3 is 9.32 Å². The molecule has 0 fully saturated rings. The van der Waals surface area contributed by atoms with E-state index in [1.165, 1.54) is 41.7 Å². The number of furan rings is 1. The molecule has 0 unspecified atom stereocenters. The molecule has 220 valence electrons. The van der Waals surface area contributed by atoms with Crippen LogP contribution in [-0.4, -0.2) is 0 Å². The number of thiophene rings is 1. The molecule has 47 heavy (non-hydrogen) atoms. The predicted octanol–water partition coefficient (Wildman–Crippen LogP) is 13.4. The van der Waals surface area contributed by atoms with Gasteiger partial charge >= 0.3 is 0 Å². The second kappa shape index (κ2) is 10.3. The first-order valence-electron chi connectivity index (χ1n) is 15.9. The quantitative estimate of drug-likeness (QED) is 0.183. The highest BCUT2D eigenvalue weighted by Gasteiger charge is 2.27. The molecule has 0 N–H and O–H groups in total. The van der Waals surface area contributed by atoms with Crippen molar-refractivity contribution >= 4 is 92.1 Å². The fraction of sp³-hybridized carbons (Fsp3) is 0. The summed E-state index contributed by atoms with van der Waals surface area (Å²) in [6.45, 7) is 0. The maximum absolute atomic E-state index is 6.90. The Bertz CT molecular complexity index is 2810. The number of nitrogens with zero attached hydrogens (tertiary/aromatic N) is 1. The Morgan fingerprint density at radius 3 is 2.00 bits per heavy atom. The third kappa shape index (κ3) is 3.97. The summed E-state index contributed by atoms with van der Waals surface area (Å²) < 4.78 is 9.43. The van der Waals surface area contributed by atoms with Gasteiger partial charge in [0.25, 0.3) is 0 Å². The van der Waals surface area contributed by atoms with Gasteiger partial charge in [-0.05, 0) is 52.1 Å². The van der Waals surface area contributed by atoms with Crippen LogP contribution in [0.5, 0.6) is 0 Å². The van der Waals surface area contributed by atoms with Gasteiger partial charge in [-0.3, -0.25) is 0 Å². The molecule has 0 spiro atoms. The van der Waals surface area contributed by atoms with E-state index in [9.17, 15) is 0 Å². The monoisotopic (exact) mass is 617 g/mol. The lowest BCUT2D eigenvalue weighted by atomic mass is 9.96. The Kier molecular flexibility index (Phi) is 5.78. The summed E-state index contributed by atoms with van der Waals surface area (Å²) in [6, 6.07) is 58.9. The number of benzene rings is 8. The normalized spacial score (nSPS) is 11.8. The van der Waals surface area contributed by atoms with E-state index in [4.69, 9.17) is 4.42 Å². The molecule has 0 aliphatic heterocycles. The number of anilines is 3. The molecule has 8 aromatic carbocycles. The molecule has 0 saturated carbocycles. The molecule has 10 rings (SSSR count). The van der Waals surface area contributed by atoms with Crippen LogP contribution < -0.4 is 4.90 Å². The standard InChI is InChI=1S/C44H27NOS/c1-2-13-28(14-3-1)31-25-26-36-34-19-8-10-23-40(34)46-43(36)42(31)45(38-22-12-21-37-35-20-9-11-24-41(35)47-44(37)38)39-27-29-15-4-5-16-30(29)32-17-6-7-18-33(32)39/h1-27H. The fourth-order valence-electron chi connectivity index (χ4n) is 7.35. The van der Waals surface area contributed by atoms with Crippen LogP contribution in [-0.2, 0) is 0 Å². The Morgan fingerprint density at radius 1 is 0.447 bits per heavy atom. The van der Waals surface area contributed by atoms with E-state index >= 15 is 0 Å². The molecule has 0 aliphatic rings. The van der Waals surface area contributed by atoms with E-state index in [1.807, 2.05) is 11.3 Å². The summed E-state index contributed by atoms with van der Waals surface area (Å²) in [5, 5.41) is 9.63. The zero-order valence-electron chi connectivity index (χ0n) is 25.4. The van der Waals surface area contributed by atoms with Crippen molar-refractivity contribution in [1.29, 1.82) is 0 Å². The molecular formula is C44H27NOS. The number of rotatable bonds is 4. The van der Waals surface area contributed by atoms with Crippen molar-refractivity contribution in [3.05, 3.63) is 164 Å². The fourth-order valence-corrected chi connectivity index (χ4v) is 8.55. The maximum Gasteiger partial charge on any atom is 0.160 e. The largest absolute Gasteiger partial charge is 0.454 e. The highest BCUT2D eigenvalue weighted by atomic mass is 32.1. The van der Waals surface area contributed by atoms with Gasteiger partial charge in [0.15, 0.2) is 5.58 Å². The summed E-state index contributed by atoms with van der Waals surface area (Å²) in [7, 11) is 0. The third-order valence-corrected chi connectivity index (χ3v) is 10.6. The topological polar surface area (TPSA) is 16.4 Å². The minimum Gasteiger partial charge on any atom is -0.454 e. The molecule has 0 bridgehead atoms. The molecule has 0 atom stereocenters. The smallest absolute Gasteiger partial charge is 0.160 e. The number of fused-ring (bicyclic) bond motifs is 9. The Labute approximate surface area is 275 Å². The zero-order valence-corrected chi connectivity index (χ0v) is 26.2. The van der Waals surface area contributed by atoms with Crippen molar-refractivity contribution < 1.29 is 4.42 Å². The Hall–Kier alpha value is -5.90. The first kappa shape index (κ1) is 26.3. The number of hydrogen-bond donors (Lipinski definition) is 0. The first-order chi connectivity index (χ1) is 23.3. The van der Waals surface area contributed by atoms with Gasteiger partial charge in [0.1, 0.15) is 5.58 Å². The van der Waals surface area contributed by atoms with Crippen LogP contribution in [0.3, 0.4) is 0 Å². The number of hydrogen-bond acceptors (Lipinski definition) is 3. The lowest BCUT2D eigenvalue weighted by Crippen LogP contribution is -2.12. The van der Waals surface area contributed by atoms with Crippen LogP contribution in [0.2, 0.25) is 0 Å². The van der Waals surface area contributed by atoms with Crippen molar-refractivity contribution in [3.63, 3.8) is 0 Å². The molecule has 10 aromatic rings. The van der Waals surface area contributed by atoms with Gasteiger partial charge in [0, 0.05) is 37.2 Å². The van der Waals surface area contributed by atoms with Gasteiger partial charge in [-0.15, -0.1) is 11.3 Å². The third-order valence-electron chi connectivity index (χ3n) is 9.44. The van der Waals surface area contributed by atoms with Crippen LogP contribution in [0.1, 0.15) is 0 Å². The molecule has 0 radical (unpaired) electrons. The Morgan fingerprint density at radius 2 is 1.13 bits per heavy atom. The van der Waals surface area contributed by atoms with Crippen LogP contribution in [0.25, 0.3) is 74.8 Å². The molecule has 2 nitrogen and oxygen atoms in total. The molecule has 2 heterocycles. The zero-order chi connectivity index (χ0) is 30.9. The van der Waals surface area contributed by atoms with Crippen molar-refractivity contribution in [1.82, 2.24) is 0 Å². The summed E-state index contributed by atoms with van der Waals surface area (Å²) >= 11 is 1.85. The van der Waals surface area contributed by atoms with Gasteiger partial charge in [0.05, 0.1) is 21.8 Å². The molecule has 3 heteroatoms. The molecule has 0 aliphatic carbocycles. The van der Waals surface area contributed by atoms with Gasteiger partial charge in [-0.25, -0.2) is 0 Å². The lowest BCUT2D eigenvalue weighted by molar-refractivity contribution is 0.669. The molecule has 0 saturated heterocycles.